The Hall–Kier alpha value is -1.35. The van der Waals surface area contributed by atoms with Gasteiger partial charge < -0.3 is 10.2 Å². The number of hydrogen-bond acceptors (Lipinski definition) is 2. The zero-order valence-corrected chi connectivity index (χ0v) is 9.70. The largest absolute Gasteiger partial charge is 0.315 e. The molecule has 1 aliphatic rings. The highest BCUT2D eigenvalue weighted by molar-refractivity contribution is 5.93. The molecule has 1 fully saturated rings. The average molecular weight is 218 g/mol. The lowest BCUT2D eigenvalue weighted by atomic mass is 10.1. The summed E-state index contributed by atoms with van der Waals surface area (Å²) in [5.41, 5.74) is 2.22. The summed E-state index contributed by atoms with van der Waals surface area (Å²) in [7, 11) is 0. The fourth-order valence-electron chi connectivity index (χ4n) is 2.01. The molecule has 0 spiro atoms. The van der Waals surface area contributed by atoms with Crippen LogP contribution in [0.5, 0.6) is 0 Å². The van der Waals surface area contributed by atoms with Gasteiger partial charge in [-0.15, -0.1) is 0 Å². The maximum absolute atomic E-state index is 12.0. The highest BCUT2D eigenvalue weighted by Crippen LogP contribution is 2.17. The molecule has 2 rings (SSSR count). The molecule has 0 saturated carbocycles. The van der Waals surface area contributed by atoms with Crippen molar-refractivity contribution < 1.29 is 4.79 Å². The van der Waals surface area contributed by atoms with Gasteiger partial charge in [-0.2, -0.15) is 0 Å². The van der Waals surface area contributed by atoms with Gasteiger partial charge in [0.15, 0.2) is 0 Å². The van der Waals surface area contributed by atoms with Gasteiger partial charge in [0.05, 0.1) is 0 Å². The number of carbonyl (C=O) groups excluding carboxylic acids is 1. The van der Waals surface area contributed by atoms with Gasteiger partial charge in [-0.25, -0.2) is 0 Å². The number of amides is 1. The van der Waals surface area contributed by atoms with Gasteiger partial charge in [0.1, 0.15) is 0 Å². The highest BCUT2D eigenvalue weighted by atomic mass is 16.2. The van der Waals surface area contributed by atoms with Gasteiger partial charge in [0.25, 0.3) is 0 Å². The van der Waals surface area contributed by atoms with E-state index in [1.807, 2.05) is 17.0 Å². The lowest BCUT2D eigenvalue weighted by Crippen LogP contribution is -2.39. The average Bonchev–Trinajstić information content (AvgIpc) is 2.24. The van der Waals surface area contributed by atoms with E-state index in [4.69, 9.17) is 0 Å². The number of anilines is 1. The molecule has 0 bridgehead atoms. The van der Waals surface area contributed by atoms with Crippen LogP contribution in [0.25, 0.3) is 0 Å². The van der Waals surface area contributed by atoms with Gasteiger partial charge in [-0.3, -0.25) is 4.79 Å². The van der Waals surface area contributed by atoms with E-state index in [9.17, 15) is 4.79 Å². The molecule has 0 unspecified atom stereocenters. The molecule has 0 radical (unpaired) electrons. The fourth-order valence-corrected chi connectivity index (χ4v) is 2.01. The Labute approximate surface area is 96.5 Å². The number of carbonyl (C=O) groups is 1. The molecule has 1 aliphatic heterocycles. The van der Waals surface area contributed by atoms with Crippen molar-refractivity contribution in [2.75, 3.05) is 24.5 Å². The van der Waals surface area contributed by atoms with E-state index in [0.717, 1.165) is 31.7 Å². The van der Waals surface area contributed by atoms with E-state index in [0.29, 0.717) is 6.42 Å². The first kappa shape index (κ1) is 11.1. The number of nitrogens with one attached hydrogen (secondary N) is 1. The first-order valence-corrected chi connectivity index (χ1v) is 5.85. The van der Waals surface area contributed by atoms with Crippen molar-refractivity contribution in [1.82, 2.24) is 5.32 Å². The topological polar surface area (TPSA) is 32.3 Å². The Balaban J connectivity index is 2.19. The maximum atomic E-state index is 12.0. The van der Waals surface area contributed by atoms with Crippen molar-refractivity contribution in [2.24, 2.45) is 0 Å². The third kappa shape index (κ3) is 2.61. The second-order valence-electron chi connectivity index (χ2n) is 4.24. The van der Waals surface area contributed by atoms with Crippen LogP contribution in [0.1, 0.15) is 18.4 Å². The Bertz CT molecular complexity index is 376. The molecule has 0 aliphatic carbocycles. The molecular weight excluding hydrogens is 200 g/mol. The molecule has 16 heavy (non-hydrogen) atoms. The highest BCUT2D eigenvalue weighted by Gasteiger charge is 2.16. The number of nitrogens with zero attached hydrogens (tertiary/aromatic N) is 1. The quantitative estimate of drug-likeness (QED) is 0.778. The van der Waals surface area contributed by atoms with Crippen LogP contribution in [0.2, 0.25) is 0 Å². The van der Waals surface area contributed by atoms with E-state index in [1.165, 1.54) is 5.56 Å². The Morgan fingerprint density at radius 3 is 3.00 bits per heavy atom. The Morgan fingerprint density at radius 2 is 2.19 bits per heavy atom. The second kappa shape index (κ2) is 5.12. The first-order valence-electron chi connectivity index (χ1n) is 5.85. The van der Waals surface area contributed by atoms with Crippen LogP contribution in [-0.2, 0) is 4.79 Å². The standard InChI is InChI=1S/C13H18N2O/c1-11-4-2-5-12(10-11)15-9-8-14-7-3-6-13(15)16/h2,4-5,10,14H,3,6-9H2,1H3. The van der Waals surface area contributed by atoms with Gasteiger partial charge in [-0.05, 0) is 37.6 Å². The molecule has 86 valence electrons. The number of rotatable bonds is 1. The zero-order valence-electron chi connectivity index (χ0n) is 9.70. The Morgan fingerprint density at radius 1 is 1.31 bits per heavy atom. The van der Waals surface area contributed by atoms with Crippen molar-refractivity contribution in [3.05, 3.63) is 29.8 Å². The lowest BCUT2D eigenvalue weighted by molar-refractivity contribution is -0.118. The summed E-state index contributed by atoms with van der Waals surface area (Å²) in [5.74, 6) is 0.243. The van der Waals surface area contributed by atoms with E-state index >= 15 is 0 Å². The molecular formula is C13H18N2O. The van der Waals surface area contributed by atoms with Crippen LogP contribution in [0.3, 0.4) is 0 Å². The summed E-state index contributed by atoms with van der Waals surface area (Å²) >= 11 is 0. The van der Waals surface area contributed by atoms with Crippen LogP contribution in [0.4, 0.5) is 5.69 Å². The van der Waals surface area contributed by atoms with Crippen LogP contribution in [-0.4, -0.2) is 25.5 Å². The van der Waals surface area contributed by atoms with Crippen LogP contribution in [0, 0.1) is 6.92 Å². The summed E-state index contributed by atoms with van der Waals surface area (Å²) in [4.78, 5) is 13.9. The normalized spacial score (nSPS) is 18.1. The molecule has 1 amide bonds. The molecule has 1 N–H and O–H groups in total. The predicted octanol–water partition coefficient (Wildman–Crippen LogP) is 1.71. The third-order valence-corrected chi connectivity index (χ3v) is 2.87. The van der Waals surface area contributed by atoms with E-state index in [-0.39, 0.29) is 5.91 Å². The number of hydrogen-bond donors (Lipinski definition) is 1. The molecule has 3 heteroatoms. The van der Waals surface area contributed by atoms with Gasteiger partial charge >= 0.3 is 0 Å². The summed E-state index contributed by atoms with van der Waals surface area (Å²) in [5, 5.41) is 3.33. The van der Waals surface area contributed by atoms with Crippen molar-refractivity contribution in [3.63, 3.8) is 0 Å². The van der Waals surface area contributed by atoms with Gasteiger partial charge in [-0.1, -0.05) is 12.1 Å². The third-order valence-electron chi connectivity index (χ3n) is 2.87. The van der Waals surface area contributed by atoms with Gasteiger partial charge in [0, 0.05) is 25.2 Å². The molecule has 1 heterocycles. The van der Waals surface area contributed by atoms with Crippen LogP contribution < -0.4 is 10.2 Å². The minimum absolute atomic E-state index is 0.243. The molecule has 3 nitrogen and oxygen atoms in total. The monoisotopic (exact) mass is 218 g/mol. The van der Waals surface area contributed by atoms with Crippen molar-refractivity contribution in [3.8, 4) is 0 Å². The fraction of sp³-hybridized carbons (Fsp3) is 0.462. The minimum atomic E-state index is 0.243. The van der Waals surface area contributed by atoms with E-state index in [2.05, 4.69) is 24.4 Å². The SMILES string of the molecule is Cc1cccc(N2CCNCCCC2=O)c1. The van der Waals surface area contributed by atoms with Crippen molar-refractivity contribution in [2.45, 2.75) is 19.8 Å². The minimum Gasteiger partial charge on any atom is -0.315 e. The van der Waals surface area contributed by atoms with Gasteiger partial charge in [0.2, 0.25) is 5.91 Å². The number of aryl methyl sites for hydroxylation is 1. The van der Waals surface area contributed by atoms with Crippen LogP contribution >= 0.6 is 0 Å². The summed E-state index contributed by atoms with van der Waals surface area (Å²) < 4.78 is 0. The molecule has 1 aromatic carbocycles. The maximum Gasteiger partial charge on any atom is 0.227 e. The first-order chi connectivity index (χ1) is 7.77. The Kier molecular flexibility index (Phi) is 3.57. The predicted molar refractivity (Wildman–Crippen MR) is 65.6 cm³/mol. The van der Waals surface area contributed by atoms with Crippen molar-refractivity contribution in [1.29, 1.82) is 0 Å². The molecule has 1 aromatic rings. The smallest absolute Gasteiger partial charge is 0.227 e. The molecule has 0 aromatic heterocycles. The van der Waals surface area contributed by atoms with E-state index < -0.39 is 0 Å². The van der Waals surface area contributed by atoms with Crippen molar-refractivity contribution >= 4 is 11.6 Å². The van der Waals surface area contributed by atoms with Crippen LogP contribution in [0.15, 0.2) is 24.3 Å². The lowest BCUT2D eigenvalue weighted by Gasteiger charge is -2.25. The molecule has 1 saturated heterocycles. The number of benzene rings is 1. The summed E-state index contributed by atoms with van der Waals surface area (Å²) in [6, 6.07) is 8.13. The summed E-state index contributed by atoms with van der Waals surface area (Å²) in [6.45, 7) is 4.64. The second-order valence-corrected chi connectivity index (χ2v) is 4.24. The van der Waals surface area contributed by atoms with E-state index in [1.54, 1.807) is 0 Å². The summed E-state index contributed by atoms with van der Waals surface area (Å²) in [6.07, 6.45) is 1.57. The zero-order chi connectivity index (χ0) is 11.4. The molecule has 0 atom stereocenters.